The molecule has 4 aromatic rings. The van der Waals surface area contributed by atoms with E-state index in [0.29, 0.717) is 29.3 Å². The summed E-state index contributed by atoms with van der Waals surface area (Å²) in [5.41, 5.74) is 2.76. The highest BCUT2D eigenvalue weighted by molar-refractivity contribution is 5.94. The lowest BCUT2D eigenvalue weighted by Crippen LogP contribution is -2.23. The summed E-state index contributed by atoms with van der Waals surface area (Å²) in [5.74, 6) is 1.11. The maximum Gasteiger partial charge on any atom is 0.253 e. The summed E-state index contributed by atoms with van der Waals surface area (Å²) in [6.07, 6.45) is 3.43. The molecule has 7 heteroatoms. The molecule has 0 radical (unpaired) electrons. The quantitative estimate of drug-likeness (QED) is 0.592. The Kier molecular flexibility index (Phi) is 4.49. The normalized spacial score (nSPS) is 10.7. The fourth-order valence-corrected chi connectivity index (χ4v) is 2.81. The van der Waals surface area contributed by atoms with Gasteiger partial charge in [0.25, 0.3) is 5.91 Å². The molecular formula is C20H17N5O2. The molecule has 134 valence electrons. The average Bonchev–Trinajstić information content (AvgIpc) is 3.15. The summed E-state index contributed by atoms with van der Waals surface area (Å²) < 4.78 is 7.20. The number of fused-ring (bicyclic) bond motifs is 1. The number of hydrogen-bond acceptors (Lipinski definition) is 5. The predicted molar refractivity (Wildman–Crippen MR) is 100 cm³/mol. The Morgan fingerprint density at radius 3 is 2.74 bits per heavy atom. The second-order valence-corrected chi connectivity index (χ2v) is 5.87. The van der Waals surface area contributed by atoms with Crippen molar-refractivity contribution < 1.29 is 9.53 Å². The van der Waals surface area contributed by atoms with Gasteiger partial charge in [0.15, 0.2) is 11.5 Å². The molecule has 0 fully saturated rings. The molecular weight excluding hydrogens is 342 g/mol. The summed E-state index contributed by atoms with van der Waals surface area (Å²) in [7, 11) is 1.61. The summed E-state index contributed by atoms with van der Waals surface area (Å²) in [5, 5.41) is 11.3. The van der Waals surface area contributed by atoms with Crippen molar-refractivity contribution in [3.8, 4) is 17.1 Å². The van der Waals surface area contributed by atoms with Crippen LogP contribution in [0.3, 0.4) is 0 Å². The number of amides is 1. The first-order chi connectivity index (χ1) is 13.3. The molecule has 4 rings (SSSR count). The Bertz CT molecular complexity index is 1090. The number of nitrogens with zero attached hydrogens (tertiary/aromatic N) is 4. The Labute approximate surface area is 155 Å². The molecule has 0 saturated heterocycles. The molecule has 0 atom stereocenters. The van der Waals surface area contributed by atoms with Crippen LogP contribution in [0.4, 0.5) is 0 Å². The second-order valence-electron chi connectivity index (χ2n) is 5.87. The minimum Gasteiger partial charge on any atom is -0.496 e. The van der Waals surface area contributed by atoms with Gasteiger partial charge in [0.05, 0.1) is 30.5 Å². The molecule has 0 unspecified atom stereocenters. The topological polar surface area (TPSA) is 81.4 Å². The van der Waals surface area contributed by atoms with Crippen LogP contribution in [0.15, 0.2) is 67.0 Å². The van der Waals surface area contributed by atoms with Crippen LogP contribution in [-0.4, -0.2) is 32.6 Å². The Balaban J connectivity index is 1.64. The van der Waals surface area contributed by atoms with Gasteiger partial charge in [0, 0.05) is 12.4 Å². The van der Waals surface area contributed by atoms with Crippen molar-refractivity contribution in [1.82, 2.24) is 24.9 Å². The second kappa shape index (κ2) is 7.25. The molecule has 0 aliphatic heterocycles. The van der Waals surface area contributed by atoms with Crippen LogP contribution < -0.4 is 10.1 Å². The van der Waals surface area contributed by atoms with E-state index in [0.717, 1.165) is 11.3 Å². The number of methoxy groups -OCH3 is 1. The molecule has 27 heavy (non-hydrogen) atoms. The number of benzene rings is 1. The smallest absolute Gasteiger partial charge is 0.253 e. The number of rotatable bonds is 5. The number of aromatic nitrogens is 4. The van der Waals surface area contributed by atoms with Gasteiger partial charge < -0.3 is 10.1 Å². The van der Waals surface area contributed by atoms with Crippen molar-refractivity contribution in [2.45, 2.75) is 6.54 Å². The third kappa shape index (κ3) is 3.35. The number of nitrogens with one attached hydrogen (secondary N) is 1. The van der Waals surface area contributed by atoms with E-state index in [2.05, 4.69) is 20.5 Å². The zero-order chi connectivity index (χ0) is 18.6. The largest absolute Gasteiger partial charge is 0.496 e. The Morgan fingerprint density at radius 2 is 1.93 bits per heavy atom. The average molecular weight is 359 g/mol. The minimum absolute atomic E-state index is 0.192. The van der Waals surface area contributed by atoms with Gasteiger partial charge in [-0.25, -0.2) is 0 Å². The highest BCUT2D eigenvalue weighted by atomic mass is 16.5. The predicted octanol–water partition coefficient (Wildman–Crippen LogP) is 2.73. The number of pyridine rings is 2. The molecule has 0 spiro atoms. The van der Waals surface area contributed by atoms with Crippen molar-refractivity contribution in [2.24, 2.45) is 0 Å². The van der Waals surface area contributed by atoms with Gasteiger partial charge in [0.1, 0.15) is 5.75 Å². The highest BCUT2D eigenvalue weighted by Crippen LogP contribution is 2.28. The molecule has 3 heterocycles. The number of carbonyl (C=O) groups excluding carboxylic acids is 1. The zero-order valence-electron chi connectivity index (χ0n) is 14.7. The SMILES string of the molecule is COc1ccccc1-c1nnc2ccc(C(=O)NCc3ccccn3)cn12. The first kappa shape index (κ1) is 16.7. The Hall–Kier alpha value is -3.74. The van der Waals surface area contributed by atoms with E-state index in [-0.39, 0.29) is 5.91 Å². The number of para-hydroxylation sites is 1. The van der Waals surface area contributed by atoms with Gasteiger partial charge in [-0.2, -0.15) is 0 Å². The van der Waals surface area contributed by atoms with Crippen molar-refractivity contribution in [3.63, 3.8) is 0 Å². The lowest BCUT2D eigenvalue weighted by Gasteiger charge is -2.08. The fraction of sp³-hybridized carbons (Fsp3) is 0.100. The minimum atomic E-state index is -0.192. The Morgan fingerprint density at radius 1 is 1.07 bits per heavy atom. The summed E-state index contributed by atoms with van der Waals surface area (Å²) in [6, 6.07) is 16.6. The highest BCUT2D eigenvalue weighted by Gasteiger charge is 2.14. The lowest BCUT2D eigenvalue weighted by atomic mass is 10.2. The van der Waals surface area contributed by atoms with Crippen LogP contribution in [0.25, 0.3) is 17.0 Å². The van der Waals surface area contributed by atoms with Gasteiger partial charge in [-0.3, -0.25) is 14.2 Å². The van der Waals surface area contributed by atoms with E-state index >= 15 is 0 Å². The first-order valence-electron chi connectivity index (χ1n) is 8.42. The molecule has 0 bridgehead atoms. The van der Waals surface area contributed by atoms with E-state index in [1.807, 2.05) is 42.5 Å². The monoisotopic (exact) mass is 359 g/mol. The maximum absolute atomic E-state index is 12.5. The van der Waals surface area contributed by atoms with Gasteiger partial charge in [0.2, 0.25) is 0 Å². The van der Waals surface area contributed by atoms with E-state index in [1.165, 1.54) is 0 Å². The summed E-state index contributed by atoms with van der Waals surface area (Å²) in [6.45, 7) is 0.360. The number of hydrogen-bond donors (Lipinski definition) is 1. The summed E-state index contributed by atoms with van der Waals surface area (Å²) in [4.78, 5) is 16.7. The van der Waals surface area contributed by atoms with E-state index in [4.69, 9.17) is 4.74 Å². The van der Waals surface area contributed by atoms with Crippen LogP contribution in [-0.2, 0) is 6.54 Å². The van der Waals surface area contributed by atoms with Gasteiger partial charge >= 0.3 is 0 Å². The van der Waals surface area contributed by atoms with Crippen molar-refractivity contribution in [2.75, 3.05) is 7.11 Å². The van der Waals surface area contributed by atoms with E-state index < -0.39 is 0 Å². The molecule has 1 amide bonds. The van der Waals surface area contributed by atoms with Crippen LogP contribution in [0, 0.1) is 0 Å². The van der Waals surface area contributed by atoms with Gasteiger partial charge in [-0.05, 0) is 36.4 Å². The fourth-order valence-electron chi connectivity index (χ4n) is 2.81. The third-order valence-electron chi connectivity index (χ3n) is 4.17. The van der Waals surface area contributed by atoms with E-state index in [1.54, 1.807) is 36.0 Å². The molecule has 0 aliphatic rings. The zero-order valence-corrected chi connectivity index (χ0v) is 14.7. The van der Waals surface area contributed by atoms with Crippen LogP contribution in [0.2, 0.25) is 0 Å². The van der Waals surface area contributed by atoms with Gasteiger partial charge in [-0.15, -0.1) is 10.2 Å². The number of carbonyl (C=O) groups is 1. The molecule has 0 aliphatic carbocycles. The molecule has 0 saturated carbocycles. The van der Waals surface area contributed by atoms with Crippen molar-refractivity contribution in [1.29, 1.82) is 0 Å². The maximum atomic E-state index is 12.5. The van der Waals surface area contributed by atoms with Crippen LogP contribution in [0.5, 0.6) is 5.75 Å². The van der Waals surface area contributed by atoms with Crippen molar-refractivity contribution in [3.05, 3.63) is 78.2 Å². The van der Waals surface area contributed by atoms with Crippen LogP contribution in [0.1, 0.15) is 16.1 Å². The molecule has 7 nitrogen and oxygen atoms in total. The summed E-state index contributed by atoms with van der Waals surface area (Å²) >= 11 is 0. The van der Waals surface area contributed by atoms with E-state index in [9.17, 15) is 4.79 Å². The van der Waals surface area contributed by atoms with Crippen molar-refractivity contribution >= 4 is 11.6 Å². The number of ether oxygens (including phenoxy) is 1. The molecule has 1 N–H and O–H groups in total. The first-order valence-corrected chi connectivity index (χ1v) is 8.42. The van der Waals surface area contributed by atoms with Gasteiger partial charge in [-0.1, -0.05) is 18.2 Å². The molecule has 3 aromatic heterocycles. The standard InChI is InChI=1S/C20H17N5O2/c1-27-17-8-3-2-7-16(17)19-24-23-18-10-9-14(13-25(18)19)20(26)22-12-15-6-4-5-11-21-15/h2-11,13H,12H2,1H3,(H,22,26). The van der Waals surface area contributed by atoms with Crippen LogP contribution >= 0.6 is 0 Å². The molecule has 1 aromatic carbocycles. The third-order valence-corrected chi connectivity index (χ3v) is 4.17. The lowest BCUT2D eigenvalue weighted by molar-refractivity contribution is 0.0950.